The molecule has 0 aliphatic heterocycles. The summed E-state index contributed by atoms with van der Waals surface area (Å²) in [5.41, 5.74) is 7.90. The van der Waals surface area contributed by atoms with Crippen molar-refractivity contribution in [3.05, 3.63) is 34.3 Å². The fourth-order valence-electron chi connectivity index (χ4n) is 1.23. The molecule has 0 spiro atoms. The Morgan fingerprint density at radius 1 is 1.42 bits per heavy atom. The molecule has 0 unspecified atom stereocenters. The lowest BCUT2D eigenvalue weighted by Gasteiger charge is -2.04. The lowest BCUT2D eigenvalue weighted by molar-refractivity contribution is 0.915. The highest BCUT2D eigenvalue weighted by molar-refractivity contribution is 6.31. The first kappa shape index (κ1) is 9.56. The monoisotopic (exact) mass is 183 g/mol. The molecular weight excluding hydrogens is 170 g/mol. The molecule has 0 bridgehead atoms. The topological polar surface area (TPSA) is 26.0 Å². The third-order valence-corrected chi connectivity index (χ3v) is 2.24. The molecule has 66 valence electrons. The highest BCUT2D eigenvalue weighted by Crippen LogP contribution is 2.17. The third-order valence-electron chi connectivity index (χ3n) is 1.87. The molecule has 1 rings (SSSR count). The van der Waals surface area contributed by atoms with Gasteiger partial charge in [0.2, 0.25) is 0 Å². The van der Waals surface area contributed by atoms with Crippen molar-refractivity contribution >= 4 is 11.6 Å². The van der Waals surface area contributed by atoms with Crippen LogP contribution in [0.15, 0.2) is 18.2 Å². The Labute approximate surface area is 78.5 Å². The molecular formula is C10H14ClN. The summed E-state index contributed by atoms with van der Waals surface area (Å²) < 4.78 is 0. The van der Waals surface area contributed by atoms with Crippen molar-refractivity contribution in [2.75, 3.05) is 0 Å². The summed E-state index contributed by atoms with van der Waals surface area (Å²) >= 11 is 5.92. The Morgan fingerprint density at radius 2 is 2.17 bits per heavy atom. The van der Waals surface area contributed by atoms with Gasteiger partial charge in [-0.3, -0.25) is 0 Å². The number of halogens is 1. The van der Waals surface area contributed by atoms with Crippen LogP contribution in [0.3, 0.4) is 0 Å². The Bertz CT molecular complexity index is 258. The van der Waals surface area contributed by atoms with Crippen molar-refractivity contribution in [1.82, 2.24) is 0 Å². The van der Waals surface area contributed by atoms with E-state index in [0.29, 0.717) is 6.54 Å². The second kappa shape index (κ2) is 4.48. The van der Waals surface area contributed by atoms with E-state index in [0.717, 1.165) is 23.4 Å². The van der Waals surface area contributed by atoms with Gasteiger partial charge < -0.3 is 5.73 Å². The highest BCUT2D eigenvalue weighted by atomic mass is 35.5. The third kappa shape index (κ3) is 2.23. The Kier molecular flexibility index (Phi) is 3.57. The first-order chi connectivity index (χ1) is 5.77. The van der Waals surface area contributed by atoms with Crippen molar-refractivity contribution in [2.24, 2.45) is 5.73 Å². The van der Waals surface area contributed by atoms with Gasteiger partial charge in [0, 0.05) is 11.6 Å². The zero-order valence-electron chi connectivity index (χ0n) is 7.31. The molecule has 0 atom stereocenters. The zero-order valence-corrected chi connectivity index (χ0v) is 8.06. The van der Waals surface area contributed by atoms with Crippen molar-refractivity contribution < 1.29 is 0 Å². The van der Waals surface area contributed by atoms with Gasteiger partial charge in [0.05, 0.1) is 0 Å². The van der Waals surface area contributed by atoms with Crippen LogP contribution in [-0.4, -0.2) is 0 Å². The standard InChI is InChI=1S/C10H14ClN/c1-2-3-8-4-5-10(11)9(6-8)7-12/h4-6H,2-3,7,12H2,1H3. The molecule has 12 heavy (non-hydrogen) atoms. The summed E-state index contributed by atoms with van der Waals surface area (Å²) in [6.45, 7) is 2.69. The summed E-state index contributed by atoms with van der Waals surface area (Å²) in [5.74, 6) is 0. The summed E-state index contributed by atoms with van der Waals surface area (Å²) in [5, 5.41) is 0.775. The normalized spacial score (nSPS) is 10.2. The van der Waals surface area contributed by atoms with Gasteiger partial charge in [-0.05, 0) is 23.6 Å². The van der Waals surface area contributed by atoms with Gasteiger partial charge in [0.1, 0.15) is 0 Å². The minimum absolute atomic E-state index is 0.524. The van der Waals surface area contributed by atoms with Crippen LogP contribution in [0.2, 0.25) is 5.02 Å². The van der Waals surface area contributed by atoms with E-state index in [1.807, 2.05) is 6.07 Å². The molecule has 0 heterocycles. The fraction of sp³-hybridized carbons (Fsp3) is 0.400. The summed E-state index contributed by atoms with van der Waals surface area (Å²) in [6, 6.07) is 6.07. The van der Waals surface area contributed by atoms with Crippen LogP contribution in [0.25, 0.3) is 0 Å². The van der Waals surface area contributed by atoms with Crippen molar-refractivity contribution in [1.29, 1.82) is 0 Å². The lowest BCUT2D eigenvalue weighted by Crippen LogP contribution is -1.98. The molecule has 1 aromatic carbocycles. The second-order valence-electron chi connectivity index (χ2n) is 2.88. The van der Waals surface area contributed by atoms with Gasteiger partial charge >= 0.3 is 0 Å². The maximum Gasteiger partial charge on any atom is 0.0451 e. The molecule has 0 aliphatic carbocycles. The number of benzene rings is 1. The minimum atomic E-state index is 0.524. The van der Waals surface area contributed by atoms with Crippen LogP contribution in [0.1, 0.15) is 24.5 Å². The summed E-state index contributed by atoms with van der Waals surface area (Å²) in [4.78, 5) is 0. The van der Waals surface area contributed by atoms with E-state index in [-0.39, 0.29) is 0 Å². The van der Waals surface area contributed by atoms with E-state index < -0.39 is 0 Å². The molecule has 0 aliphatic rings. The van der Waals surface area contributed by atoms with Gasteiger partial charge in [-0.2, -0.15) is 0 Å². The molecule has 0 fully saturated rings. The zero-order chi connectivity index (χ0) is 8.97. The van der Waals surface area contributed by atoms with Crippen LogP contribution < -0.4 is 5.73 Å². The minimum Gasteiger partial charge on any atom is -0.326 e. The lowest BCUT2D eigenvalue weighted by atomic mass is 10.1. The van der Waals surface area contributed by atoms with Gasteiger partial charge in [0.15, 0.2) is 0 Å². The maximum atomic E-state index is 5.92. The first-order valence-corrected chi connectivity index (χ1v) is 4.63. The SMILES string of the molecule is CCCc1ccc(Cl)c(CN)c1. The molecule has 2 heteroatoms. The van der Waals surface area contributed by atoms with Crippen molar-refractivity contribution in [3.63, 3.8) is 0 Å². The molecule has 0 saturated carbocycles. The van der Waals surface area contributed by atoms with E-state index in [9.17, 15) is 0 Å². The Hall–Kier alpha value is -0.530. The predicted octanol–water partition coefficient (Wildman–Crippen LogP) is 2.75. The second-order valence-corrected chi connectivity index (χ2v) is 3.29. The molecule has 0 saturated heterocycles. The molecule has 1 nitrogen and oxygen atoms in total. The molecule has 0 radical (unpaired) electrons. The summed E-state index contributed by atoms with van der Waals surface area (Å²) in [7, 11) is 0. The van der Waals surface area contributed by atoms with Crippen molar-refractivity contribution in [3.8, 4) is 0 Å². The Balaban J connectivity index is 2.89. The quantitative estimate of drug-likeness (QED) is 0.767. The van der Waals surface area contributed by atoms with E-state index in [2.05, 4.69) is 19.1 Å². The number of aryl methyl sites for hydroxylation is 1. The first-order valence-electron chi connectivity index (χ1n) is 4.25. The van der Waals surface area contributed by atoms with E-state index in [1.54, 1.807) is 0 Å². The van der Waals surface area contributed by atoms with Crippen molar-refractivity contribution in [2.45, 2.75) is 26.3 Å². The number of rotatable bonds is 3. The van der Waals surface area contributed by atoms with Crippen LogP contribution in [0, 0.1) is 0 Å². The number of hydrogen-bond acceptors (Lipinski definition) is 1. The van der Waals surface area contributed by atoms with Gasteiger partial charge in [-0.1, -0.05) is 37.1 Å². The van der Waals surface area contributed by atoms with Crippen LogP contribution in [0.4, 0.5) is 0 Å². The predicted molar refractivity (Wildman–Crippen MR) is 53.3 cm³/mol. The molecule has 0 amide bonds. The largest absolute Gasteiger partial charge is 0.326 e. The number of hydrogen-bond donors (Lipinski definition) is 1. The van der Waals surface area contributed by atoms with Gasteiger partial charge in [0.25, 0.3) is 0 Å². The van der Waals surface area contributed by atoms with Gasteiger partial charge in [-0.15, -0.1) is 0 Å². The average Bonchev–Trinajstić information content (AvgIpc) is 2.09. The van der Waals surface area contributed by atoms with Crippen LogP contribution >= 0.6 is 11.6 Å². The van der Waals surface area contributed by atoms with E-state index >= 15 is 0 Å². The average molecular weight is 184 g/mol. The van der Waals surface area contributed by atoms with E-state index in [4.69, 9.17) is 17.3 Å². The van der Waals surface area contributed by atoms with E-state index in [1.165, 1.54) is 5.56 Å². The molecule has 1 aromatic rings. The number of nitrogens with two attached hydrogens (primary N) is 1. The Morgan fingerprint density at radius 3 is 2.75 bits per heavy atom. The molecule has 0 aromatic heterocycles. The fourth-order valence-corrected chi connectivity index (χ4v) is 1.42. The smallest absolute Gasteiger partial charge is 0.0451 e. The summed E-state index contributed by atoms with van der Waals surface area (Å²) in [6.07, 6.45) is 2.26. The molecule has 2 N–H and O–H groups in total. The maximum absolute atomic E-state index is 5.92. The van der Waals surface area contributed by atoms with Gasteiger partial charge in [-0.25, -0.2) is 0 Å². The highest BCUT2D eigenvalue weighted by Gasteiger charge is 1.98. The van der Waals surface area contributed by atoms with Crippen LogP contribution in [0.5, 0.6) is 0 Å². The van der Waals surface area contributed by atoms with Crippen LogP contribution in [-0.2, 0) is 13.0 Å².